The van der Waals surface area contributed by atoms with Gasteiger partial charge in [-0.1, -0.05) is 0 Å². The first-order chi connectivity index (χ1) is 14.5. The van der Waals surface area contributed by atoms with Crippen molar-refractivity contribution in [3.63, 3.8) is 0 Å². The third-order valence-electron chi connectivity index (χ3n) is 7.78. The van der Waals surface area contributed by atoms with E-state index in [1.54, 1.807) is 0 Å². The van der Waals surface area contributed by atoms with Crippen LogP contribution in [-0.2, 0) is 4.79 Å². The average Bonchev–Trinajstić information content (AvgIpc) is 2.73. The average molecular weight is 426 g/mol. The highest BCUT2D eigenvalue weighted by molar-refractivity contribution is 7.80. The summed E-state index contributed by atoms with van der Waals surface area (Å²) in [6.45, 7) is 1.69. The second kappa shape index (κ2) is 7.95. The lowest BCUT2D eigenvalue weighted by Gasteiger charge is -2.55. The molecule has 4 saturated carbocycles. The Morgan fingerprint density at radius 1 is 0.900 bits per heavy atom. The van der Waals surface area contributed by atoms with Crippen LogP contribution in [0.5, 0.6) is 0 Å². The number of likely N-dealkylation sites (tertiary alicyclic amines) is 1. The van der Waals surface area contributed by atoms with E-state index in [4.69, 9.17) is 12.2 Å². The Hall–Kier alpha value is -1.95. The minimum Gasteiger partial charge on any atom is -0.339 e. The molecule has 1 aromatic rings. The van der Waals surface area contributed by atoms with Gasteiger partial charge in [0.15, 0.2) is 5.11 Å². The van der Waals surface area contributed by atoms with E-state index in [1.807, 2.05) is 29.2 Å². The van der Waals surface area contributed by atoms with Gasteiger partial charge in [0.05, 0.1) is 5.41 Å². The Labute approximate surface area is 184 Å². The molecule has 5 fully saturated rings. The summed E-state index contributed by atoms with van der Waals surface area (Å²) < 4.78 is 0. The van der Waals surface area contributed by atoms with Gasteiger partial charge in [-0.15, -0.1) is 0 Å². The van der Waals surface area contributed by atoms with Gasteiger partial charge in [-0.05, 0) is 112 Å². The molecule has 2 amide bonds. The summed E-state index contributed by atoms with van der Waals surface area (Å²) in [7, 11) is 0. The van der Waals surface area contributed by atoms with Crippen molar-refractivity contribution in [2.75, 3.05) is 18.4 Å². The number of anilines is 1. The summed E-state index contributed by atoms with van der Waals surface area (Å²) in [4.78, 5) is 27.7. The molecule has 4 aliphatic carbocycles. The second-order valence-electron chi connectivity index (χ2n) is 10.0. The molecule has 0 unspecified atom stereocenters. The first-order valence-electron chi connectivity index (χ1n) is 11.5. The van der Waals surface area contributed by atoms with Gasteiger partial charge in [0.25, 0.3) is 5.91 Å². The Morgan fingerprint density at radius 2 is 1.47 bits per heavy atom. The number of hydrogen-bond donors (Lipinski definition) is 2. The maximum absolute atomic E-state index is 13.1. The first-order valence-corrected chi connectivity index (χ1v) is 11.9. The van der Waals surface area contributed by atoms with E-state index in [0.717, 1.165) is 68.6 Å². The maximum atomic E-state index is 13.1. The molecule has 1 saturated heterocycles. The number of hydrogen-bond acceptors (Lipinski definition) is 3. The smallest absolute Gasteiger partial charge is 0.253 e. The highest BCUT2D eigenvalue weighted by Gasteiger charge is 2.54. The van der Waals surface area contributed by atoms with Crippen LogP contribution in [0.25, 0.3) is 0 Å². The van der Waals surface area contributed by atoms with E-state index in [-0.39, 0.29) is 17.2 Å². The predicted molar refractivity (Wildman–Crippen MR) is 121 cm³/mol. The summed E-state index contributed by atoms with van der Waals surface area (Å²) in [6.07, 6.45) is 10.4. The molecule has 0 radical (unpaired) electrons. The molecule has 5 nitrogen and oxygen atoms in total. The van der Waals surface area contributed by atoms with Gasteiger partial charge in [0, 0.05) is 24.3 Å². The van der Waals surface area contributed by atoms with E-state index in [0.29, 0.717) is 10.7 Å². The highest BCUT2D eigenvalue weighted by Crippen LogP contribution is 2.60. The van der Waals surface area contributed by atoms with E-state index in [1.165, 1.54) is 25.7 Å². The lowest BCUT2D eigenvalue weighted by atomic mass is 9.49. The molecular weight excluding hydrogens is 394 g/mol. The predicted octanol–water partition coefficient (Wildman–Crippen LogP) is 4.34. The Kier molecular flexibility index (Phi) is 5.30. The molecule has 1 aliphatic heterocycles. The molecule has 1 heterocycles. The number of nitrogens with zero attached hydrogens (tertiary/aromatic N) is 1. The van der Waals surface area contributed by atoms with E-state index in [2.05, 4.69) is 10.6 Å². The standard InChI is InChI=1S/C24H31N3O2S/c28-21(27-8-2-1-3-9-27)19-4-6-20(7-5-19)25-23(30)26-22(29)24-13-16-10-17(14-24)12-18(11-16)15-24/h4-7,16-18H,1-3,8-15H2,(H2,25,26,29,30). The topological polar surface area (TPSA) is 61.4 Å². The van der Waals surface area contributed by atoms with Gasteiger partial charge in [-0.2, -0.15) is 0 Å². The minimum atomic E-state index is -0.203. The van der Waals surface area contributed by atoms with Crippen LogP contribution < -0.4 is 10.6 Å². The van der Waals surface area contributed by atoms with Crippen LogP contribution in [0.15, 0.2) is 24.3 Å². The van der Waals surface area contributed by atoms with Gasteiger partial charge in [0.1, 0.15) is 0 Å². The van der Waals surface area contributed by atoms with Crippen molar-refractivity contribution in [1.29, 1.82) is 0 Å². The number of rotatable bonds is 3. The molecular formula is C24H31N3O2S. The van der Waals surface area contributed by atoms with Crippen molar-refractivity contribution >= 4 is 34.8 Å². The van der Waals surface area contributed by atoms with Crippen molar-refractivity contribution in [1.82, 2.24) is 10.2 Å². The number of nitrogens with one attached hydrogen (secondary N) is 2. The normalized spacial score (nSPS) is 32.0. The summed E-state index contributed by atoms with van der Waals surface area (Å²) in [5, 5.41) is 6.46. The number of benzene rings is 1. The van der Waals surface area contributed by atoms with Gasteiger partial charge < -0.3 is 15.5 Å². The molecule has 0 atom stereocenters. The number of carbonyl (C=O) groups excluding carboxylic acids is 2. The number of thiocarbonyl (C=S) groups is 1. The number of piperidine rings is 1. The van der Waals surface area contributed by atoms with Crippen LogP contribution in [0.3, 0.4) is 0 Å². The lowest BCUT2D eigenvalue weighted by molar-refractivity contribution is -0.144. The number of carbonyl (C=O) groups is 2. The zero-order valence-electron chi connectivity index (χ0n) is 17.5. The zero-order chi connectivity index (χ0) is 20.7. The minimum absolute atomic E-state index is 0.0962. The fourth-order valence-corrected chi connectivity index (χ4v) is 6.97. The van der Waals surface area contributed by atoms with Gasteiger partial charge in [0.2, 0.25) is 5.91 Å². The molecule has 1 aromatic carbocycles. The Balaban J connectivity index is 1.18. The summed E-state index contributed by atoms with van der Waals surface area (Å²) in [5.41, 5.74) is 1.29. The molecule has 160 valence electrons. The van der Waals surface area contributed by atoms with E-state index in [9.17, 15) is 9.59 Å². The van der Waals surface area contributed by atoms with Crippen LogP contribution in [0.1, 0.15) is 68.1 Å². The molecule has 6 heteroatoms. The van der Waals surface area contributed by atoms with Crippen molar-refractivity contribution in [3.8, 4) is 0 Å². The molecule has 0 aromatic heterocycles. The second-order valence-corrected chi connectivity index (χ2v) is 10.4. The highest BCUT2D eigenvalue weighted by atomic mass is 32.1. The van der Waals surface area contributed by atoms with Gasteiger partial charge in [-0.3, -0.25) is 9.59 Å². The maximum Gasteiger partial charge on any atom is 0.253 e. The number of amides is 2. The van der Waals surface area contributed by atoms with Gasteiger partial charge >= 0.3 is 0 Å². The molecule has 2 N–H and O–H groups in total. The summed E-state index contributed by atoms with van der Waals surface area (Å²) in [5.74, 6) is 2.39. The van der Waals surface area contributed by atoms with E-state index >= 15 is 0 Å². The Morgan fingerprint density at radius 3 is 2.03 bits per heavy atom. The van der Waals surface area contributed by atoms with Crippen molar-refractivity contribution in [3.05, 3.63) is 29.8 Å². The van der Waals surface area contributed by atoms with Gasteiger partial charge in [-0.25, -0.2) is 0 Å². The van der Waals surface area contributed by atoms with E-state index < -0.39 is 0 Å². The third-order valence-corrected chi connectivity index (χ3v) is 7.98. The van der Waals surface area contributed by atoms with Crippen LogP contribution in [-0.4, -0.2) is 34.9 Å². The lowest BCUT2D eigenvalue weighted by Crippen LogP contribution is -2.55. The van der Waals surface area contributed by atoms with Crippen molar-refractivity contribution in [2.24, 2.45) is 23.2 Å². The van der Waals surface area contributed by atoms with Crippen LogP contribution in [0, 0.1) is 23.2 Å². The van der Waals surface area contributed by atoms with Crippen molar-refractivity contribution in [2.45, 2.75) is 57.8 Å². The van der Waals surface area contributed by atoms with Crippen molar-refractivity contribution < 1.29 is 9.59 Å². The third kappa shape index (κ3) is 3.86. The SMILES string of the molecule is O=C(c1ccc(NC(=S)NC(=O)C23CC4CC(CC(C4)C2)C3)cc1)N1CCCCC1. The quantitative estimate of drug-likeness (QED) is 0.707. The van der Waals surface area contributed by atoms with Crippen LogP contribution in [0.4, 0.5) is 5.69 Å². The molecule has 6 rings (SSSR count). The zero-order valence-corrected chi connectivity index (χ0v) is 18.3. The molecule has 5 aliphatic rings. The summed E-state index contributed by atoms with van der Waals surface area (Å²) in [6, 6.07) is 7.40. The molecule has 4 bridgehead atoms. The fraction of sp³-hybridized carbons (Fsp3) is 0.625. The fourth-order valence-electron chi connectivity index (χ4n) is 6.76. The van der Waals surface area contributed by atoms with Crippen LogP contribution >= 0.6 is 12.2 Å². The summed E-state index contributed by atoms with van der Waals surface area (Å²) >= 11 is 5.44. The monoisotopic (exact) mass is 425 g/mol. The molecule has 0 spiro atoms. The Bertz CT molecular complexity index is 809. The largest absolute Gasteiger partial charge is 0.339 e. The first kappa shape index (κ1) is 20.0. The molecule has 30 heavy (non-hydrogen) atoms. The van der Waals surface area contributed by atoms with Crippen LogP contribution in [0.2, 0.25) is 0 Å².